The van der Waals surface area contributed by atoms with E-state index < -0.39 is 11.5 Å². The highest BCUT2D eigenvalue weighted by molar-refractivity contribution is 9.10. The normalized spacial score (nSPS) is 10.5. The van der Waals surface area contributed by atoms with Crippen LogP contribution in [-0.2, 0) is 6.54 Å². The van der Waals surface area contributed by atoms with E-state index in [1.165, 1.54) is 22.9 Å². The fraction of sp³-hybridized carbons (Fsp3) is 0.0526. The van der Waals surface area contributed by atoms with Crippen LogP contribution >= 0.6 is 15.9 Å². The van der Waals surface area contributed by atoms with Crippen molar-refractivity contribution < 1.29 is 9.18 Å². The Hall–Kier alpha value is -2.73. The molecule has 2 aromatic carbocycles. The average Bonchev–Trinajstić information content (AvgIpc) is 2.60. The number of nitrogens with zero attached hydrogens (tertiary/aromatic N) is 1. The molecule has 0 bridgehead atoms. The summed E-state index contributed by atoms with van der Waals surface area (Å²) in [6.07, 6.45) is 1.53. The van der Waals surface area contributed by atoms with Gasteiger partial charge in [0.15, 0.2) is 0 Å². The molecular weight excluding hydrogens is 387 g/mol. The van der Waals surface area contributed by atoms with E-state index in [-0.39, 0.29) is 17.9 Å². The molecule has 25 heavy (non-hydrogen) atoms. The van der Waals surface area contributed by atoms with Crippen molar-refractivity contribution in [1.29, 1.82) is 0 Å². The number of carbonyl (C=O) groups excluding carboxylic acids is 1. The van der Waals surface area contributed by atoms with Crippen LogP contribution in [-0.4, -0.2) is 10.5 Å². The number of aromatic nitrogens is 1. The molecule has 1 heterocycles. The fourth-order valence-electron chi connectivity index (χ4n) is 2.38. The van der Waals surface area contributed by atoms with Crippen molar-refractivity contribution in [3.8, 4) is 0 Å². The number of halogens is 2. The monoisotopic (exact) mass is 400 g/mol. The number of amides is 1. The van der Waals surface area contributed by atoms with E-state index in [9.17, 15) is 14.0 Å². The van der Waals surface area contributed by atoms with E-state index in [1.807, 2.05) is 0 Å². The van der Waals surface area contributed by atoms with Crippen LogP contribution in [0.4, 0.5) is 10.1 Å². The molecule has 0 spiro atoms. The molecule has 0 radical (unpaired) electrons. The second kappa shape index (κ2) is 7.44. The fourth-order valence-corrected chi connectivity index (χ4v) is 2.64. The first-order valence-corrected chi connectivity index (χ1v) is 8.33. The van der Waals surface area contributed by atoms with Crippen molar-refractivity contribution in [2.75, 3.05) is 5.32 Å². The van der Waals surface area contributed by atoms with Gasteiger partial charge in [-0.1, -0.05) is 34.1 Å². The Labute approximate surface area is 152 Å². The Morgan fingerprint density at radius 1 is 1.04 bits per heavy atom. The summed E-state index contributed by atoms with van der Waals surface area (Å²) in [6.45, 7) is 0.0604. The first kappa shape index (κ1) is 17.1. The maximum absolute atomic E-state index is 13.8. The van der Waals surface area contributed by atoms with E-state index in [2.05, 4.69) is 21.2 Å². The molecule has 1 aromatic heterocycles. The Morgan fingerprint density at radius 3 is 2.48 bits per heavy atom. The minimum atomic E-state index is -0.504. The van der Waals surface area contributed by atoms with Crippen molar-refractivity contribution >= 4 is 27.5 Å². The molecule has 126 valence electrons. The molecular formula is C19H14BrFN2O2. The smallest absolute Gasteiger partial charge is 0.263 e. The average molecular weight is 401 g/mol. The van der Waals surface area contributed by atoms with Crippen LogP contribution in [0.1, 0.15) is 15.9 Å². The van der Waals surface area contributed by atoms with Crippen molar-refractivity contribution in [2.45, 2.75) is 6.54 Å². The molecule has 3 aromatic rings. The number of anilines is 1. The van der Waals surface area contributed by atoms with Crippen LogP contribution in [0.25, 0.3) is 0 Å². The molecule has 0 aliphatic rings. The lowest BCUT2D eigenvalue weighted by Gasteiger charge is -2.09. The second-order valence-electron chi connectivity index (χ2n) is 5.41. The molecule has 0 unspecified atom stereocenters. The molecule has 0 fully saturated rings. The van der Waals surface area contributed by atoms with Crippen molar-refractivity contribution in [2.24, 2.45) is 0 Å². The largest absolute Gasteiger partial charge is 0.322 e. The van der Waals surface area contributed by atoms with Gasteiger partial charge >= 0.3 is 0 Å². The van der Waals surface area contributed by atoms with Crippen LogP contribution in [0, 0.1) is 5.82 Å². The molecule has 0 aliphatic carbocycles. The van der Waals surface area contributed by atoms with Gasteiger partial charge in [0.2, 0.25) is 0 Å². The topological polar surface area (TPSA) is 51.1 Å². The van der Waals surface area contributed by atoms with Gasteiger partial charge in [-0.15, -0.1) is 0 Å². The number of hydrogen-bond acceptors (Lipinski definition) is 2. The molecule has 4 nitrogen and oxygen atoms in total. The lowest BCUT2D eigenvalue weighted by atomic mass is 10.2. The predicted octanol–water partition coefficient (Wildman–Crippen LogP) is 4.05. The summed E-state index contributed by atoms with van der Waals surface area (Å²) in [4.78, 5) is 24.9. The quantitative estimate of drug-likeness (QED) is 0.717. The maximum Gasteiger partial charge on any atom is 0.263 e. The van der Waals surface area contributed by atoms with Crippen molar-refractivity contribution in [3.63, 3.8) is 0 Å². The molecule has 3 rings (SSSR count). The zero-order chi connectivity index (χ0) is 17.8. The van der Waals surface area contributed by atoms with Gasteiger partial charge in [0, 0.05) is 21.9 Å². The summed E-state index contributed by atoms with van der Waals surface area (Å²) in [5.41, 5.74) is 0.495. The zero-order valence-corrected chi connectivity index (χ0v) is 14.7. The summed E-state index contributed by atoms with van der Waals surface area (Å²) >= 11 is 3.32. The summed E-state index contributed by atoms with van der Waals surface area (Å²) < 4.78 is 16.0. The third kappa shape index (κ3) is 4.03. The van der Waals surface area contributed by atoms with Gasteiger partial charge in [0.05, 0.1) is 6.54 Å². The number of nitrogens with one attached hydrogen (secondary N) is 1. The molecule has 0 atom stereocenters. The summed E-state index contributed by atoms with van der Waals surface area (Å²) in [6, 6.07) is 16.3. The Kier molecular flexibility index (Phi) is 5.09. The Bertz CT molecular complexity index is 968. The first-order valence-electron chi connectivity index (χ1n) is 7.54. The number of rotatable bonds is 4. The highest BCUT2D eigenvalue weighted by atomic mass is 79.9. The summed E-state index contributed by atoms with van der Waals surface area (Å²) in [5, 5.41) is 2.68. The van der Waals surface area contributed by atoms with E-state index in [1.54, 1.807) is 48.5 Å². The minimum Gasteiger partial charge on any atom is -0.322 e. The highest BCUT2D eigenvalue weighted by Gasteiger charge is 2.13. The molecule has 6 heteroatoms. The summed E-state index contributed by atoms with van der Waals surface area (Å²) in [7, 11) is 0. The van der Waals surface area contributed by atoms with Gasteiger partial charge < -0.3 is 9.88 Å². The maximum atomic E-state index is 13.8. The molecule has 0 aliphatic heterocycles. The molecule has 0 saturated heterocycles. The second-order valence-corrected chi connectivity index (χ2v) is 6.32. The van der Waals surface area contributed by atoms with Gasteiger partial charge in [-0.3, -0.25) is 9.59 Å². The van der Waals surface area contributed by atoms with E-state index in [0.717, 1.165) is 4.47 Å². The van der Waals surface area contributed by atoms with Gasteiger partial charge in [-0.2, -0.15) is 0 Å². The SMILES string of the molecule is O=C(Nc1ccc(Br)cc1)c1cccn(Cc2ccccc2F)c1=O. The number of benzene rings is 2. The van der Waals surface area contributed by atoms with Crippen LogP contribution in [0.2, 0.25) is 0 Å². The predicted molar refractivity (Wildman–Crippen MR) is 98.3 cm³/mol. The van der Waals surface area contributed by atoms with Gasteiger partial charge in [0.1, 0.15) is 11.4 Å². The van der Waals surface area contributed by atoms with E-state index >= 15 is 0 Å². The van der Waals surface area contributed by atoms with Gasteiger partial charge in [-0.25, -0.2) is 4.39 Å². The number of carbonyl (C=O) groups is 1. The lowest BCUT2D eigenvalue weighted by molar-refractivity contribution is 0.102. The van der Waals surface area contributed by atoms with Crippen LogP contribution in [0.15, 0.2) is 76.1 Å². The number of hydrogen-bond donors (Lipinski definition) is 1. The van der Waals surface area contributed by atoms with E-state index in [0.29, 0.717) is 11.3 Å². The minimum absolute atomic E-state index is 0.00163. The Balaban J connectivity index is 1.85. The first-order chi connectivity index (χ1) is 12.0. The Morgan fingerprint density at radius 2 is 1.76 bits per heavy atom. The zero-order valence-electron chi connectivity index (χ0n) is 13.1. The van der Waals surface area contributed by atoms with Crippen LogP contribution in [0.5, 0.6) is 0 Å². The van der Waals surface area contributed by atoms with Crippen LogP contribution < -0.4 is 10.9 Å². The standard InChI is InChI=1S/C19H14BrFN2O2/c20-14-7-9-15(10-8-14)22-18(24)16-5-3-11-23(19(16)25)12-13-4-1-2-6-17(13)21/h1-11H,12H2,(H,22,24). The lowest BCUT2D eigenvalue weighted by Crippen LogP contribution is -2.29. The van der Waals surface area contributed by atoms with Crippen molar-refractivity contribution in [3.05, 3.63) is 98.6 Å². The van der Waals surface area contributed by atoms with Gasteiger partial charge in [-0.05, 0) is 42.5 Å². The summed E-state index contributed by atoms with van der Waals surface area (Å²) in [5.74, 6) is -0.894. The third-order valence-electron chi connectivity index (χ3n) is 3.67. The van der Waals surface area contributed by atoms with Crippen LogP contribution in [0.3, 0.4) is 0 Å². The molecule has 1 N–H and O–H groups in total. The third-order valence-corrected chi connectivity index (χ3v) is 4.19. The van der Waals surface area contributed by atoms with Crippen molar-refractivity contribution in [1.82, 2.24) is 4.57 Å². The highest BCUT2D eigenvalue weighted by Crippen LogP contribution is 2.14. The van der Waals surface area contributed by atoms with E-state index in [4.69, 9.17) is 0 Å². The van der Waals surface area contributed by atoms with Gasteiger partial charge in [0.25, 0.3) is 11.5 Å². The molecule has 1 amide bonds. The number of pyridine rings is 1. The molecule has 0 saturated carbocycles.